The largest absolute Gasteiger partial charge is 0.493 e. The summed E-state index contributed by atoms with van der Waals surface area (Å²) < 4.78 is 31.1. The number of halogens is 1. The van der Waals surface area contributed by atoms with Gasteiger partial charge in [0.25, 0.3) is 0 Å². The molecule has 218 valence electrons. The Kier molecular flexibility index (Phi) is 14.2. The van der Waals surface area contributed by atoms with Crippen LogP contribution >= 0.6 is 0 Å². The van der Waals surface area contributed by atoms with Crippen molar-refractivity contribution in [3.63, 3.8) is 0 Å². The molecule has 2 heterocycles. The molecule has 3 rings (SSSR count). The summed E-state index contributed by atoms with van der Waals surface area (Å²) in [6, 6.07) is 7.98. The number of nitrogens with one attached hydrogen (secondary N) is 2. The van der Waals surface area contributed by atoms with Crippen molar-refractivity contribution in [3.8, 4) is 17.6 Å². The Morgan fingerprint density at radius 2 is 1.80 bits per heavy atom. The number of anilines is 1. The van der Waals surface area contributed by atoms with Gasteiger partial charge >= 0.3 is 6.09 Å². The standard InChI is InChI=1S/C26H30FN5O4.2C2H6/c1-16-11-23(24(29-14-16)30-25(33)36-26(3,4)5)35-15-18-12-19(27)8-9-22(18)34-10-6-7-20-17(2)21(13-28)32-31-20;2*1-2/h8-9,11-12,14H,6-7,10,15H2,1-5H3,(H,31,32)(H,29,30,33);2*1-2H3. The molecule has 0 saturated heterocycles. The van der Waals surface area contributed by atoms with Crippen molar-refractivity contribution in [1.82, 2.24) is 15.2 Å². The molecule has 0 atom stereocenters. The second kappa shape index (κ2) is 16.7. The van der Waals surface area contributed by atoms with E-state index in [2.05, 4.69) is 20.5 Å². The van der Waals surface area contributed by atoms with Gasteiger partial charge in [0.05, 0.1) is 6.61 Å². The fourth-order valence-corrected chi connectivity index (χ4v) is 3.32. The van der Waals surface area contributed by atoms with Gasteiger partial charge in [0, 0.05) is 23.0 Å². The van der Waals surface area contributed by atoms with Crippen molar-refractivity contribution in [2.24, 2.45) is 0 Å². The first-order valence-electron chi connectivity index (χ1n) is 13.5. The number of pyridine rings is 1. The van der Waals surface area contributed by atoms with Crippen LogP contribution < -0.4 is 14.8 Å². The number of ether oxygens (including phenoxy) is 3. The molecule has 1 aromatic carbocycles. The Morgan fingerprint density at radius 3 is 2.42 bits per heavy atom. The summed E-state index contributed by atoms with van der Waals surface area (Å²) in [5.74, 6) is 0.574. The number of aromatic nitrogens is 3. The zero-order valence-corrected chi connectivity index (χ0v) is 25.1. The van der Waals surface area contributed by atoms with E-state index in [1.165, 1.54) is 12.1 Å². The summed E-state index contributed by atoms with van der Waals surface area (Å²) in [6.45, 7) is 17.3. The number of carbonyl (C=O) groups is 1. The summed E-state index contributed by atoms with van der Waals surface area (Å²) in [5.41, 5.74) is 2.76. The molecule has 0 fully saturated rings. The van der Waals surface area contributed by atoms with Crippen LogP contribution in [0.1, 0.15) is 83.0 Å². The second-order valence-electron chi connectivity index (χ2n) is 9.27. The zero-order valence-electron chi connectivity index (χ0n) is 25.1. The molecule has 9 nitrogen and oxygen atoms in total. The molecule has 3 aromatic rings. The molecule has 0 aliphatic heterocycles. The van der Waals surface area contributed by atoms with E-state index in [4.69, 9.17) is 19.5 Å². The quantitative estimate of drug-likeness (QED) is 0.263. The number of hydrogen-bond acceptors (Lipinski definition) is 7. The summed E-state index contributed by atoms with van der Waals surface area (Å²) in [6.07, 6.45) is 2.25. The van der Waals surface area contributed by atoms with Gasteiger partial charge in [-0.15, -0.1) is 0 Å². The minimum Gasteiger partial charge on any atom is -0.493 e. The van der Waals surface area contributed by atoms with Crippen molar-refractivity contribution < 1.29 is 23.4 Å². The predicted octanol–water partition coefficient (Wildman–Crippen LogP) is 7.42. The molecule has 0 unspecified atom stereocenters. The Balaban J connectivity index is 0.00000191. The number of carbonyl (C=O) groups excluding carboxylic acids is 1. The molecular formula is C30H42FN5O4. The molecule has 0 saturated carbocycles. The molecule has 0 bridgehead atoms. The number of benzene rings is 1. The van der Waals surface area contributed by atoms with E-state index in [-0.39, 0.29) is 12.4 Å². The third-order valence-corrected chi connectivity index (χ3v) is 5.06. The van der Waals surface area contributed by atoms with E-state index >= 15 is 0 Å². The molecule has 1 amide bonds. The van der Waals surface area contributed by atoms with E-state index in [1.807, 2.05) is 47.6 Å². The molecule has 0 aliphatic carbocycles. The number of H-pyrrole nitrogens is 1. The van der Waals surface area contributed by atoms with Crippen LogP contribution in [0.25, 0.3) is 0 Å². The van der Waals surface area contributed by atoms with Crippen molar-refractivity contribution >= 4 is 11.9 Å². The van der Waals surface area contributed by atoms with Gasteiger partial charge < -0.3 is 14.2 Å². The van der Waals surface area contributed by atoms with Crippen LogP contribution in [0.15, 0.2) is 30.5 Å². The van der Waals surface area contributed by atoms with Crippen molar-refractivity contribution in [2.75, 3.05) is 11.9 Å². The monoisotopic (exact) mass is 555 g/mol. The second-order valence-corrected chi connectivity index (χ2v) is 9.27. The van der Waals surface area contributed by atoms with E-state index < -0.39 is 17.5 Å². The lowest BCUT2D eigenvalue weighted by molar-refractivity contribution is 0.0634. The van der Waals surface area contributed by atoms with Gasteiger partial charge in [-0.3, -0.25) is 10.4 Å². The van der Waals surface area contributed by atoms with E-state index in [0.29, 0.717) is 42.2 Å². The van der Waals surface area contributed by atoms with E-state index in [1.54, 1.807) is 39.1 Å². The van der Waals surface area contributed by atoms with Crippen LogP contribution in [0.4, 0.5) is 15.0 Å². The normalized spacial score (nSPS) is 10.2. The van der Waals surface area contributed by atoms with Crippen LogP contribution in [-0.4, -0.2) is 33.5 Å². The average molecular weight is 556 g/mol. The third kappa shape index (κ3) is 10.9. The minimum atomic E-state index is -0.669. The number of aryl methyl sites for hydroxylation is 2. The van der Waals surface area contributed by atoms with Gasteiger partial charge in [-0.25, -0.2) is 14.2 Å². The molecule has 2 aromatic heterocycles. The highest BCUT2D eigenvalue weighted by atomic mass is 19.1. The first kappa shape index (κ1) is 33.9. The van der Waals surface area contributed by atoms with Gasteiger partial charge in [-0.1, -0.05) is 27.7 Å². The molecule has 0 radical (unpaired) electrons. The van der Waals surface area contributed by atoms with E-state index in [0.717, 1.165) is 16.8 Å². The summed E-state index contributed by atoms with van der Waals surface area (Å²) in [7, 11) is 0. The molecule has 2 N–H and O–H groups in total. The Labute approximate surface area is 237 Å². The Hall–Kier alpha value is -4.13. The maximum Gasteiger partial charge on any atom is 0.413 e. The van der Waals surface area contributed by atoms with Gasteiger partial charge in [0.15, 0.2) is 17.3 Å². The van der Waals surface area contributed by atoms with Crippen LogP contribution in [-0.2, 0) is 17.8 Å². The summed E-state index contributed by atoms with van der Waals surface area (Å²) in [4.78, 5) is 16.4. The number of hydrogen-bond donors (Lipinski definition) is 2. The lowest BCUT2D eigenvalue weighted by Gasteiger charge is -2.20. The Morgan fingerprint density at radius 1 is 1.10 bits per heavy atom. The highest BCUT2D eigenvalue weighted by molar-refractivity contribution is 5.85. The van der Waals surface area contributed by atoms with Crippen LogP contribution in [0.5, 0.6) is 11.5 Å². The number of nitrogens with zero attached hydrogens (tertiary/aromatic N) is 3. The fourth-order valence-electron chi connectivity index (χ4n) is 3.32. The van der Waals surface area contributed by atoms with Gasteiger partial charge in [0.1, 0.15) is 29.8 Å². The lowest BCUT2D eigenvalue weighted by Crippen LogP contribution is -2.27. The Bertz CT molecular complexity index is 1260. The third-order valence-electron chi connectivity index (χ3n) is 5.06. The number of amides is 1. The zero-order chi connectivity index (χ0) is 30.3. The smallest absolute Gasteiger partial charge is 0.413 e. The van der Waals surface area contributed by atoms with Gasteiger partial charge in [-0.05, 0) is 77.3 Å². The first-order chi connectivity index (χ1) is 19.1. The summed E-state index contributed by atoms with van der Waals surface area (Å²) in [5, 5.41) is 18.5. The fraction of sp³-hybridized carbons (Fsp3) is 0.467. The first-order valence-corrected chi connectivity index (χ1v) is 13.5. The maximum absolute atomic E-state index is 14.0. The molecule has 10 heteroatoms. The lowest BCUT2D eigenvalue weighted by atomic mass is 10.1. The molecule has 0 aliphatic rings. The number of aromatic amines is 1. The maximum atomic E-state index is 14.0. The van der Waals surface area contributed by atoms with Crippen LogP contribution in [0.2, 0.25) is 0 Å². The van der Waals surface area contributed by atoms with Gasteiger partial charge in [-0.2, -0.15) is 10.4 Å². The molecule has 40 heavy (non-hydrogen) atoms. The topological polar surface area (TPSA) is 122 Å². The predicted molar refractivity (Wildman–Crippen MR) is 154 cm³/mol. The highest BCUT2D eigenvalue weighted by Gasteiger charge is 2.19. The summed E-state index contributed by atoms with van der Waals surface area (Å²) >= 11 is 0. The number of rotatable bonds is 9. The highest BCUT2D eigenvalue weighted by Crippen LogP contribution is 2.27. The van der Waals surface area contributed by atoms with Crippen LogP contribution in [0, 0.1) is 31.0 Å². The van der Waals surface area contributed by atoms with Crippen molar-refractivity contribution in [2.45, 2.75) is 87.4 Å². The molecular weight excluding hydrogens is 513 g/mol. The molecule has 0 spiro atoms. The number of nitriles is 1. The minimum absolute atomic E-state index is 0.00753. The van der Waals surface area contributed by atoms with E-state index in [9.17, 15) is 9.18 Å². The SMILES string of the molecule is CC.CC.Cc1cnc(NC(=O)OC(C)(C)C)c(OCc2cc(F)ccc2OCCCc2[nH]nc(C#N)c2C)c1. The van der Waals surface area contributed by atoms with Crippen LogP contribution in [0.3, 0.4) is 0 Å². The van der Waals surface area contributed by atoms with Crippen molar-refractivity contribution in [1.29, 1.82) is 5.26 Å². The van der Waals surface area contributed by atoms with Gasteiger partial charge in [0.2, 0.25) is 0 Å². The van der Waals surface area contributed by atoms with Crippen molar-refractivity contribution in [3.05, 3.63) is 64.4 Å². The average Bonchev–Trinajstić information content (AvgIpc) is 3.27.